The number of anilines is 1. The number of likely N-dealkylation sites (tertiary alicyclic amines) is 1. The first-order valence-electron chi connectivity index (χ1n) is 10.8. The molecular weight excluding hydrogens is 376 g/mol. The summed E-state index contributed by atoms with van der Waals surface area (Å²) in [5.74, 6) is 2.41. The van der Waals surface area contributed by atoms with Gasteiger partial charge in [0.15, 0.2) is 5.96 Å². The number of aliphatic imine (C=N–C) groups is 1. The van der Waals surface area contributed by atoms with Crippen LogP contribution >= 0.6 is 0 Å². The first-order chi connectivity index (χ1) is 14.8. The lowest BCUT2D eigenvalue weighted by Gasteiger charge is -2.31. The van der Waals surface area contributed by atoms with Gasteiger partial charge in [0.2, 0.25) is 0 Å². The quantitative estimate of drug-likeness (QED) is 0.609. The highest BCUT2D eigenvalue weighted by molar-refractivity contribution is 5.80. The highest BCUT2D eigenvalue weighted by atomic mass is 16.5. The van der Waals surface area contributed by atoms with Gasteiger partial charge in [-0.3, -0.25) is 4.99 Å². The maximum absolute atomic E-state index is 5.51. The number of hydrogen-bond acceptors (Lipinski definition) is 4. The van der Waals surface area contributed by atoms with Crippen molar-refractivity contribution < 1.29 is 9.47 Å². The van der Waals surface area contributed by atoms with Crippen LogP contribution in [0.15, 0.2) is 53.5 Å². The van der Waals surface area contributed by atoms with Crippen molar-refractivity contribution in [3.05, 3.63) is 59.7 Å². The fraction of sp³-hybridized carbons (Fsp3) is 0.458. The van der Waals surface area contributed by atoms with Gasteiger partial charge in [0, 0.05) is 51.4 Å². The topological polar surface area (TPSA) is 49.3 Å². The van der Waals surface area contributed by atoms with E-state index in [0.717, 1.165) is 64.1 Å². The normalized spacial score (nSPS) is 19.8. The van der Waals surface area contributed by atoms with Crippen LogP contribution in [-0.4, -0.2) is 64.4 Å². The zero-order chi connectivity index (χ0) is 20.8. The molecule has 2 heterocycles. The Morgan fingerprint density at radius 2 is 1.87 bits per heavy atom. The predicted octanol–water partition coefficient (Wildman–Crippen LogP) is 3.10. The van der Waals surface area contributed by atoms with E-state index in [2.05, 4.69) is 56.5 Å². The van der Waals surface area contributed by atoms with E-state index >= 15 is 0 Å². The second-order valence-corrected chi connectivity index (χ2v) is 7.83. The van der Waals surface area contributed by atoms with Crippen molar-refractivity contribution in [1.29, 1.82) is 0 Å². The highest BCUT2D eigenvalue weighted by Gasteiger charge is 2.26. The number of guanidine groups is 1. The molecule has 0 aliphatic carbocycles. The number of rotatable bonds is 5. The number of nitrogens with zero attached hydrogens (tertiary/aromatic N) is 3. The minimum atomic E-state index is 0.523. The van der Waals surface area contributed by atoms with Crippen LogP contribution in [0.4, 0.5) is 5.69 Å². The molecule has 0 bridgehead atoms. The zero-order valence-corrected chi connectivity index (χ0v) is 18.0. The van der Waals surface area contributed by atoms with Gasteiger partial charge in [0.25, 0.3) is 0 Å². The summed E-state index contributed by atoms with van der Waals surface area (Å²) in [7, 11) is 3.58. The van der Waals surface area contributed by atoms with Crippen molar-refractivity contribution in [1.82, 2.24) is 10.2 Å². The van der Waals surface area contributed by atoms with Gasteiger partial charge >= 0.3 is 0 Å². The fourth-order valence-electron chi connectivity index (χ4n) is 4.38. The highest BCUT2D eigenvalue weighted by Crippen LogP contribution is 2.28. The molecule has 1 unspecified atom stereocenters. The molecule has 30 heavy (non-hydrogen) atoms. The van der Waals surface area contributed by atoms with E-state index in [1.807, 2.05) is 19.2 Å². The number of nitrogens with one attached hydrogen (secondary N) is 1. The molecule has 2 aromatic carbocycles. The Morgan fingerprint density at radius 1 is 1.10 bits per heavy atom. The van der Waals surface area contributed by atoms with Gasteiger partial charge in [0.05, 0.1) is 20.3 Å². The first kappa shape index (κ1) is 20.5. The summed E-state index contributed by atoms with van der Waals surface area (Å²) >= 11 is 0. The molecule has 0 aromatic heterocycles. The van der Waals surface area contributed by atoms with Crippen LogP contribution in [0.2, 0.25) is 0 Å². The van der Waals surface area contributed by atoms with E-state index in [1.54, 1.807) is 7.11 Å². The van der Waals surface area contributed by atoms with E-state index < -0.39 is 0 Å². The van der Waals surface area contributed by atoms with Crippen LogP contribution in [0.25, 0.3) is 0 Å². The second-order valence-electron chi connectivity index (χ2n) is 7.83. The van der Waals surface area contributed by atoms with Crippen LogP contribution in [-0.2, 0) is 11.3 Å². The SMILES string of the molecule is CN=C(NCc1ccccc1N1CCOCC1)N1CCC(c2ccc(OC)cc2)C1. The van der Waals surface area contributed by atoms with Crippen molar-refractivity contribution in [2.75, 3.05) is 58.5 Å². The Morgan fingerprint density at radius 3 is 2.60 bits per heavy atom. The van der Waals surface area contributed by atoms with Crippen LogP contribution in [0.1, 0.15) is 23.5 Å². The molecule has 4 rings (SSSR count). The van der Waals surface area contributed by atoms with E-state index in [9.17, 15) is 0 Å². The van der Waals surface area contributed by atoms with Gasteiger partial charge in [0.1, 0.15) is 5.75 Å². The summed E-state index contributed by atoms with van der Waals surface area (Å²) in [6.45, 7) is 6.25. The third kappa shape index (κ3) is 4.70. The third-order valence-corrected chi connectivity index (χ3v) is 6.07. The minimum absolute atomic E-state index is 0.523. The molecule has 2 aromatic rings. The van der Waals surface area contributed by atoms with Gasteiger partial charge in [-0.05, 0) is 35.7 Å². The van der Waals surface area contributed by atoms with Crippen LogP contribution in [0.3, 0.4) is 0 Å². The summed E-state index contributed by atoms with van der Waals surface area (Å²) in [5, 5.41) is 3.60. The average Bonchev–Trinajstić information content (AvgIpc) is 3.30. The maximum atomic E-state index is 5.51. The summed E-state index contributed by atoms with van der Waals surface area (Å²) in [6.07, 6.45) is 1.14. The van der Waals surface area contributed by atoms with Crippen LogP contribution in [0.5, 0.6) is 5.75 Å². The lowest BCUT2D eigenvalue weighted by molar-refractivity contribution is 0.122. The van der Waals surface area contributed by atoms with Gasteiger partial charge in [-0.25, -0.2) is 0 Å². The van der Waals surface area contributed by atoms with Crippen LogP contribution in [0, 0.1) is 0 Å². The fourth-order valence-corrected chi connectivity index (χ4v) is 4.38. The smallest absolute Gasteiger partial charge is 0.193 e. The molecule has 1 atom stereocenters. The summed E-state index contributed by atoms with van der Waals surface area (Å²) < 4.78 is 10.8. The molecule has 6 nitrogen and oxygen atoms in total. The lowest BCUT2D eigenvalue weighted by atomic mass is 9.98. The summed E-state index contributed by atoms with van der Waals surface area (Å²) in [4.78, 5) is 9.34. The largest absolute Gasteiger partial charge is 0.497 e. The monoisotopic (exact) mass is 408 g/mol. The van der Waals surface area contributed by atoms with E-state index in [-0.39, 0.29) is 0 Å². The molecule has 0 saturated carbocycles. The Bertz CT molecular complexity index is 847. The zero-order valence-electron chi connectivity index (χ0n) is 18.0. The predicted molar refractivity (Wildman–Crippen MR) is 122 cm³/mol. The Balaban J connectivity index is 1.38. The molecule has 160 valence electrons. The van der Waals surface area contributed by atoms with Crippen molar-refractivity contribution in [3.8, 4) is 5.75 Å². The van der Waals surface area contributed by atoms with E-state index in [1.165, 1.54) is 16.8 Å². The van der Waals surface area contributed by atoms with Crippen molar-refractivity contribution >= 4 is 11.6 Å². The molecule has 2 saturated heterocycles. The van der Waals surface area contributed by atoms with Crippen molar-refractivity contribution in [3.63, 3.8) is 0 Å². The standard InChI is InChI=1S/C24H32N4O2/c1-25-24(28-12-11-21(18-28)19-7-9-22(29-2)10-8-19)26-17-20-5-3-4-6-23(20)27-13-15-30-16-14-27/h3-10,21H,11-18H2,1-2H3,(H,25,26). The molecule has 2 fully saturated rings. The molecular formula is C24H32N4O2. The third-order valence-electron chi connectivity index (χ3n) is 6.07. The molecule has 1 N–H and O–H groups in total. The Kier molecular flexibility index (Phi) is 6.74. The number of para-hydroxylation sites is 1. The number of ether oxygens (including phenoxy) is 2. The second kappa shape index (κ2) is 9.85. The van der Waals surface area contributed by atoms with Crippen molar-refractivity contribution in [2.45, 2.75) is 18.9 Å². The Hall–Kier alpha value is -2.73. The molecule has 0 spiro atoms. The first-order valence-corrected chi connectivity index (χ1v) is 10.8. The molecule has 2 aliphatic rings. The summed E-state index contributed by atoms with van der Waals surface area (Å²) in [5.41, 5.74) is 3.96. The van der Waals surface area contributed by atoms with Crippen molar-refractivity contribution in [2.24, 2.45) is 4.99 Å². The number of benzene rings is 2. The van der Waals surface area contributed by atoms with E-state index in [0.29, 0.717) is 5.92 Å². The number of methoxy groups -OCH3 is 1. The summed E-state index contributed by atoms with van der Waals surface area (Å²) in [6, 6.07) is 17.1. The van der Waals surface area contributed by atoms with Gasteiger partial charge in [-0.15, -0.1) is 0 Å². The van der Waals surface area contributed by atoms with Crippen LogP contribution < -0.4 is 15.0 Å². The number of hydrogen-bond donors (Lipinski definition) is 1. The van der Waals surface area contributed by atoms with Gasteiger partial charge < -0.3 is 24.6 Å². The Labute approximate surface area is 179 Å². The molecule has 2 aliphatic heterocycles. The average molecular weight is 409 g/mol. The molecule has 0 radical (unpaired) electrons. The molecule has 0 amide bonds. The van der Waals surface area contributed by atoms with Gasteiger partial charge in [-0.2, -0.15) is 0 Å². The maximum Gasteiger partial charge on any atom is 0.193 e. The molecule has 6 heteroatoms. The van der Waals surface area contributed by atoms with Gasteiger partial charge in [-0.1, -0.05) is 30.3 Å². The van der Waals surface area contributed by atoms with E-state index in [4.69, 9.17) is 9.47 Å². The lowest BCUT2D eigenvalue weighted by Crippen LogP contribution is -2.40. The minimum Gasteiger partial charge on any atom is -0.497 e. The number of morpholine rings is 1.